The first-order valence-electron chi connectivity index (χ1n) is 8.39. The van der Waals surface area contributed by atoms with Gasteiger partial charge in [-0.05, 0) is 13.0 Å². The van der Waals surface area contributed by atoms with Crippen LogP contribution in [0.15, 0.2) is 48.5 Å². The van der Waals surface area contributed by atoms with Gasteiger partial charge in [0.05, 0.1) is 0 Å². The van der Waals surface area contributed by atoms with E-state index in [1.54, 1.807) is 0 Å². The largest absolute Gasteiger partial charge is 0.310 e. The first-order chi connectivity index (χ1) is 11.6. The van der Waals surface area contributed by atoms with E-state index in [-0.39, 0.29) is 11.8 Å². The van der Waals surface area contributed by atoms with Crippen LogP contribution in [0.1, 0.15) is 40.4 Å². The third kappa shape index (κ3) is 1.74. The molecule has 0 aromatic heterocycles. The van der Waals surface area contributed by atoms with Crippen molar-refractivity contribution in [1.82, 2.24) is 9.80 Å². The third-order valence-electron chi connectivity index (χ3n) is 5.16. The fourth-order valence-electron chi connectivity index (χ4n) is 4.08. The van der Waals surface area contributed by atoms with Crippen molar-refractivity contribution in [3.05, 3.63) is 70.8 Å². The summed E-state index contributed by atoms with van der Waals surface area (Å²) in [6, 6.07) is 15.8. The van der Waals surface area contributed by atoms with Crippen LogP contribution in [0, 0.1) is 6.92 Å². The molecule has 1 fully saturated rings. The Hall–Kier alpha value is -2.62. The molecule has 0 saturated carbocycles. The van der Waals surface area contributed by atoms with Crippen molar-refractivity contribution in [2.45, 2.75) is 25.9 Å². The number of rotatable bonds is 2. The van der Waals surface area contributed by atoms with Crippen molar-refractivity contribution in [2.24, 2.45) is 0 Å². The number of benzene rings is 2. The molecule has 0 bridgehead atoms. The predicted molar refractivity (Wildman–Crippen MR) is 91.4 cm³/mol. The van der Waals surface area contributed by atoms with E-state index in [0.29, 0.717) is 25.1 Å². The maximum Gasteiger partial charge on any atom is 0.256 e. The van der Waals surface area contributed by atoms with Gasteiger partial charge in [-0.3, -0.25) is 9.59 Å². The van der Waals surface area contributed by atoms with Crippen LogP contribution >= 0.6 is 0 Å². The van der Waals surface area contributed by atoms with E-state index < -0.39 is 5.66 Å². The van der Waals surface area contributed by atoms with Crippen molar-refractivity contribution < 1.29 is 9.59 Å². The van der Waals surface area contributed by atoms with Gasteiger partial charge in [-0.25, -0.2) is 0 Å². The highest BCUT2D eigenvalue weighted by Crippen LogP contribution is 2.49. The van der Waals surface area contributed by atoms with Crippen molar-refractivity contribution in [2.75, 3.05) is 13.1 Å². The molecule has 4 rings (SSSR count). The molecule has 2 heterocycles. The fourth-order valence-corrected chi connectivity index (χ4v) is 4.08. The lowest BCUT2D eigenvalue weighted by Crippen LogP contribution is -2.51. The minimum atomic E-state index is -0.797. The van der Waals surface area contributed by atoms with Gasteiger partial charge in [-0.1, -0.05) is 55.0 Å². The number of amides is 2. The van der Waals surface area contributed by atoms with Crippen LogP contribution in [0.4, 0.5) is 0 Å². The summed E-state index contributed by atoms with van der Waals surface area (Å²) in [5.41, 5.74) is 2.95. The van der Waals surface area contributed by atoms with Crippen molar-refractivity contribution >= 4 is 11.8 Å². The Labute approximate surface area is 141 Å². The van der Waals surface area contributed by atoms with Gasteiger partial charge in [0, 0.05) is 36.2 Å². The number of nitrogens with zero attached hydrogens (tertiary/aromatic N) is 2. The summed E-state index contributed by atoms with van der Waals surface area (Å²) in [7, 11) is 0. The Morgan fingerprint density at radius 2 is 1.79 bits per heavy atom. The summed E-state index contributed by atoms with van der Waals surface area (Å²) in [5.74, 6) is 0.0835. The summed E-state index contributed by atoms with van der Waals surface area (Å²) in [6.45, 7) is 5.04. The van der Waals surface area contributed by atoms with Crippen LogP contribution in [0.3, 0.4) is 0 Å². The number of hydrogen-bond acceptors (Lipinski definition) is 2. The Morgan fingerprint density at radius 1 is 1.08 bits per heavy atom. The zero-order valence-electron chi connectivity index (χ0n) is 14.0. The van der Waals surface area contributed by atoms with E-state index in [1.165, 1.54) is 0 Å². The molecule has 0 radical (unpaired) electrons. The van der Waals surface area contributed by atoms with Crippen LogP contribution in [0.25, 0.3) is 0 Å². The molecule has 1 unspecified atom stereocenters. The molecular formula is C20H20N2O2. The molecule has 0 N–H and O–H groups in total. The Bertz CT molecular complexity index is 828. The highest BCUT2D eigenvalue weighted by atomic mass is 16.2. The van der Waals surface area contributed by atoms with E-state index in [4.69, 9.17) is 0 Å². The zero-order chi connectivity index (χ0) is 16.9. The van der Waals surface area contributed by atoms with E-state index in [1.807, 2.05) is 72.2 Å². The molecule has 2 aliphatic heterocycles. The fraction of sp³-hybridized carbons (Fsp3) is 0.300. The van der Waals surface area contributed by atoms with E-state index in [0.717, 1.165) is 16.7 Å². The molecule has 0 spiro atoms. The lowest BCUT2D eigenvalue weighted by Gasteiger charge is -2.40. The van der Waals surface area contributed by atoms with Crippen LogP contribution in [-0.4, -0.2) is 34.7 Å². The average molecular weight is 320 g/mol. The molecule has 24 heavy (non-hydrogen) atoms. The average Bonchev–Trinajstić information content (AvgIpc) is 3.11. The van der Waals surface area contributed by atoms with Crippen LogP contribution in [0.2, 0.25) is 0 Å². The van der Waals surface area contributed by atoms with Crippen LogP contribution < -0.4 is 0 Å². The normalized spacial score (nSPS) is 21.8. The standard InChI is InChI=1S/C20H20N2O2/c1-3-18(23)21-12-13-22-19(24)16-6-4-5-7-17(16)20(21,22)15-10-8-14(2)9-11-15/h4-11H,3,12-13H2,1-2H3. The Kier molecular flexibility index (Phi) is 3.23. The second kappa shape index (κ2) is 5.20. The molecule has 2 aliphatic rings. The minimum Gasteiger partial charge on any atom is -0.310 e. The van der Waals surface area contributed by atoms with E-state index in [9.17, 15) is 9.59 Å². The topological polar surface area (TPSA) is 40.6 Å². The van der Waals surface area contributed by atoms with Gasteiger partial charge in [-0.2, -0.15) is 0 Å². The molecule has 122 valence electrons. The van der Waals surface area contributed by atoms with E-state index in [2.05, 4.69) is 0 Å². The number of fused-ring (bicyclic) bond motifs is 3. The van der Waals surface area contributed by atoms with Gasteiger partial charge in [-0.15, -0.1) is 0 Å². The molecule has 1 saturated heterocycles. The third-order valence-corrected chi connectivity index (χ3v) is 5.16. The predicted octanol–water partition coefficient (Wildman–Crippen LogP) is 2.90. The molecule has 2 amide bonds. The molecule has 4 nitrogen and oxygen atoms in total. The molecule has 2 aromatic rings. The lowest BCUT2D eigenvalue weighted by atomic mass is 9.89. The second-order valence-corrected chi connectivity index (χ2v) is 6.44. The first kappa shape index (κ1) is 14.9. The quantitative estimate of drug-likeness (QED) is 0.854. The van der Waals surface area contributed by atoms with E-state index >= 15 is 0 Å². The number of hydrogen-bond donors (Lipinski definition) is 0. The lowest BCUT2D eigenvalue weighted by molar-refractivity contribution is -0.136. The van der Waals surface area contributed by atoms with Gasteiger partial charge in [0.25, 0.3) is 5.91 Å². The summed E-state index contributed by atoms with van der Waals surface area (Å²) in [6.07, 6.45) is 0.428. The highest BCUT2D eigenvalue weighted by molar-refractivity contribution is 6.02. The molecule has 2 aromatic carbocycles. The summed E-state index contributed by atoms with van der Waals surface area (Å²) in [5, 5.41) is 0. The van der Waals surface area contributed by atoms with Gasteiger partial charge < -0.3 is 9.80 Å². The van der Waals surface area contributed by atoms with Gasteiger partial charge in [0.15, 0.2) is 5.66 Å². The molecule has 4 heteroatoms. The zero-order valence-corrected chi connectivity index (χ0v) is 14.0. The number of carbonyl (C=O) groups is 2. The maximum absolute atomic E-state index is 13.0. The summed E-state index contributed by atoms with van der Waals surface area (Å²) in [4.78, 5) is 29.4. The second-order valence-electron chi connectivity index (χ2n) is 6.44. The van der Waals surface area contributed by atoms with Gasteiger partial charge in [0.1, 0.15) is 0 Å². The first-order valence-corrected chi connectivity index (χ1v) is 8.39. The van der Waals surface area contributed by atoms with Crippen molar-refractivity contribution in [1.29, 1.82) is 0 Å². The molecular weight excluding hydrogens is 300 g/mol. The van der Waals surface area contributed by atoms with Crippen LogP contribution in [0.5, 0.6) is 0 Å². The molecule has 0 aliphatic carbocycles. The number of carbonyl (C=O) groups excluding carboxylic acids is 2. The summed E-state index contributed by atoms with van der Waals surface area (Å²) < 4.78 is 0. The highest BCUT2D eigenvalue weighted by Gasteiger charge is 2.59. The maximum atomic E-state index is 13.0. The van der Waals surface area contributed by atoms with Crippen LogP contribution in [-0.2, 0) is 10.5 Å². The van der Waals surface area contributed by atoms with Crippen molar-refractivity contribution in [3.63, 3.8) is 0 Å². The monoisotopic (exact) mass is 320 g/mol. The Balaban J connectivity index is 2.02. The Morgan fingerprint density at radius 3 is 2.50 bits per heavy atom. The minimum absolute atomic E-state index is 0.0116. The van der Waals surface area contributed by atoms with Gasteiger partial charge >= 0.3 is 0 Å². The SMILES string of the molecule is CCC(=O)N1CCN2C(=O)c3ccccc3C12c1ccc(C)cc1. The summed E-state index contributed by atoms with van der Waals surface area (Å²) >= 11 is 0. The smallest absolute Gasteiger partial charge is 0.256 e. The number of aryl methyl sites for hydroxylation is 1. The van der Waals surface area contributed by atoms with Crippen molar-refractivity contribution in [3.8, 4) is 0 Å². The van der Waals surface area contributed by atoms with Gasteiger partial charge in [0.2, 0.25) is 5.91 Å². The molecule has 1 atom stereocenters.